The van der Waals surface area contributed by atoms with Gasteiger partial charge in [0.2, 0.25) is 0 Å². The van der Waals surface area contributed by atoms with E-state index in [9.17, 15) is 9.90 Å². The molecule has 4 rings (SSSR count). The third kappa shape index (κ3) is 3.99. The molecule has 1 aliphatic heterocycles. The number of fused-ring (bicyclic) bond motifs is 1. The number of aromatic hydroxyl groups is 1. The highest BCUT2D eigenvalue weighted by atomic mass is 16.6. The summed E-state index contributed by atoms with van der Waals surface area (Å²) in [6.07, 6.45) is 2.77. The van der Waals surface area contributed by atoms with E-state index in [2.05, 4.69) is 11.8 Å². The van der Waals surface area contributed by atoms with Gasteiger partial charge >= 0.3 is 6.09 Å². The van der Waals surface area contributed by atoms with Gasteiger partial charge in [0, 0.05) is 31.7 Å². The molecule has 2 aliphatic rings. The van der Waals surface area contributed by atoms with E-state index in [4.69, 9.17) is 14.7 Å². The molecule has 2 heterocycles. The Kier molecular flexibility index (Phi) is 5.56. The number of ether oxygens (including phenoxy) is 1. The van der Waals surface area contributed by atoms with Gasteiger partial charge in [-0.1, -0.05) is 19.1 Å². The van der Waals surface area contributed by atoms with E-state index in [1.807, 2.05) is 19.1 Å². The first-order valence-electron chi connectivity index (χ1n) is 10.4. The zero-order chi connectivity index (χ0) is 20.4. The van der Waals surface area contributed by atoms with Crippen molar-refractivity contribution in [1.29, 1.82) is 0 Å². The third-order valence-electron chi connectivity index (χ3n) is 5.75. The number of anilines is 1. The summed E-state index contributed by atoms with van der Waals surface area (Å²) in [7, 11) is 0. The van der Waals surface area contributed by atoms with Crippen LogP contribution in [0.5, 0.6) is 5.75 Å². The number of hydrogen-bond acceptors (Lipinski definition) is 6. The molecule has 1 aromatic heterocycles. The minimum absolute atomic E-state index is 0.189. The van der Waals surface area contributed by atoms with Crippen LogP contribution in [0.15, 0.2) is 24.3 Å². The maximum atomic E-state index is 12.0. The minimum Gasteiger partial charge on any atom is -0.507 e. The number of hydrogen-bond donors (Lipinski definition) is 1. The van der Waals surface area contributed by atoms with Gasteiger partial charge in [-0.05, 0) is 44.2 Å². The Bertz CT molecular complexity index is 894. The second-order valence-electron chi connectivity index (χ2n) is 7.83. The number of para-hydroxylation sites is 1. The van der Waals surface area contributed by atoms with Crippen LogP contribution in [0.1, 0.15) is 31.5 Å². The number of amides is 1. The van der Waals surface area contributed by atoms with Crippen molar-refractivity contribution in [1.82, 2.24) is 14.9 Å². The van der Waals surface area contributed by atoms with E-state index in [1.54, 1.807) is 17.0 Å². The summed E-state index contributed by atoms with van der Waals surface area (Å²) in [5, 5.41) is 10.3. The van der Waals surface area contributed by atoms with Crippen molar-refractivity contribution in [2.24, 2.45) is 5.92 Å². The lowest BCUT2D eigenvalue weighted by atomic mass is 9.88. The maximum absolute atomic E-state index is 12.0. The number of benzene rings is 1. The van der Waals surface area contributed by atoms with Gasteiger partial charge in [-0.3, -0.25) is 0 Å². The lowest BCUT2D eigenvalue weighted by Gasteiger charge is -2.36. The molecule has 1 N–H and O–H groups in total. The van der Waals surface area contributed by atoms with Crippen LogP contribution in [-0.2, 0) is 17.6 Å². The molecule has 0 unspecified atom stereocenters. The van der Waals surface area contributed by atoms with Crippen molar-refractivity contribution < 1.29 is 14.6 Å². The quantitative estimate of drug-likeness (QED) is 0.858. The second kappa shape index (κ2) is 8.27. The van der Waals surface area contributed by atoms with E-state index in [-0.39, 0.29) is 11.8 Å². The van der Waals surface area contributed by atoms with E-state index in [1.165, 1.54) is 5.56 Å². The molecule has 0 radical (unpaired) electrons. The zero-order valence-electron chi connectivity index (χ0n) is 17.1. The van der Waals surface area contributed by atoms with Crippen LogP contribution < -0.4 is 4.90 Å². The number of piperazine rings is 1. The summed E-state index contributed by atoms with van der Waals surface area (Å²) in [6, 6.07) is 7.21. The zero-order valence-corrected chi connectivity index (χ0v) is 17.1. The highest BCUT2D eigenvalue weighted by Gasteiger charge is 2.28. The molecule has 29 heavy (non-hydrogen) atoms. The summed E-state index contributed by atoms with van der Waals surface area (Å²) in [5.74, 6) is 2.29. The molecule has 1 aliphatic carbocycles. The van der Waals surface area contributed by atoms with Crippen molar-refractivity contribution in [2.75, 3.05) is 37.7 Å². The Labute approximate surface area is 171 Å². The van der Waals surface area contributed by atoms with Crippen LogP contribution in [0.2, 0.25) is 0 Å². The van der Waals surface area contributed by atoms with E-state index in [0.29, 0.717) is 50.1 Å². The highest BCUT2D eigenvalue weighted by molar-refractivity contribution is 5.69. The highest BCUT2D eigenvalue weighted by Crippen LogP contribution is 2.35. The number of phenolic OH excluding ortho intramolecular Hbond substituents is 1. The largest absolute Gasteiger partial charge is 0.507 e. The van der Waals surface area contributed by atoms with Crippen molar-refractivity contribution >= 4 is 11.9 Å². The molecule has 154 valence electrons. The lowest BCUT2D eigenvalue weighted by molar-refractivity contribution is 0.105. The number of rotatable bonds is 3. The fraction of sp³-hybridized carbons (Fsp3) is 0.500. The van der Waals surface area contributed by atoms with Gasteiger partial charge in [0.05, 0.1) is 17.9 Å². The molecule has 7 heteroatoms. The normalized spacial score (nSPS) is 19.0. The molecule has 1 atom stereocenters. The maximum Gasteiger partial charge on any atom is 0.409 e. The molecule has 0 bridgehead atoms. The first-order valence-corrected chi connectivity index (χ1v) is 10.4. The van der Waals surface area contributed by atoms with Crippen LogP contribution in [-0.4, -0.2) is 58.9 Å². The second-order valence-corrected chi connectivity index (χ2v) is 7.83. The Hall–Kier alpha value is -2.83. The van der Waals surface area contributed by atoms with Gasteiger partial charge in [0.25, 0.3) is 0 Å². The molecule has 0 saturated carbocycles. The van der Waals surface area contributed by atoms with Crippen molar-refractivity contribution in [3.63, 3.8) is 0 Å². The van der Waals surface area contributed by atoms with Crippen molar-refractivity contribution in [3.05, 3.63) is 35.5 Å². The molecule has 1 amide bonds. The first kappa shape index (κ1) is 19.5. The molecule has 7 nitrogen and oxygen atoms in total. The van der Waals surface area contributed by atoms with Crippen LogP contribution in [0, 0.1) is 5.92 Å². The summed E-state index contributed by atoms with van der Waals surface area (Å²) in [6.45, 7) is 7.10. The summed E-state index contributed by atoms with van der Waals surface area (Å²) >= 11 is 0. The third-order valence-corrected chi connectivity index (χ3v) is 5.75. The van der Waals surface area contributed by atoms with E-state index < -0.39 is 0 Å². The van der Waals surface area contributed by atoms with Crippen molar-refractivity contribution in [3.8, 4) is 17.1 Å². The van der Waals surface area contributed by atoms with Gasteiger partial charge in [0.15, 0.2) is 5.82 Å². The topological polar surface area (TPSA) is 78.8 Å². The number of carbonyl (C=O) groups is 1. The van der Waals surface area contributed by atoms with Gasteiger partial charge in [-0.15, -0.1) is 0 Å². The fourth-order valence-electron chi connectivity index (χ4n) is 4.13. The summed E-state index contributed by atoms with van der Waals surface area (Å²) in [4.78, 5) is 25.7. The van der Waals surface area contributed by atoms with Crippen LogP contribution in [0.3, 0.4) is 0 Å². The fourth-order valence-corrected chi connectivity index (χ4v) is 4.13. The van der Waals surface area contributed by atoms with E-state index in [0.717, 1.165) is 30.8 Å². The number of nitrogens with zero attached hydrogens (tertiary/aromatic N) is 4. The number of carbonyl (C=O) groups excluding carboxylic acids is 1. The van der Waals surface area contributed by atoms with Gasteiger partial charge in [-0.25, -0.2) is 14.8 Å². The predicted octanol–water partition coefficient (Wildman–Crippen LogP) is 3.25. The van der Waals surface area contributed by atoms with Crippen LogP contribution in [0.25, 0.3) is 11.4 Å². The monoisotopic (exact) mass is 396 g/mol. The molecule has 1 saturated heterocycles. The molecular formula is C22H28N4O3. The Morgan fingerprint density at radius 3 is 2.69 bits per heavy atom. The van der Waals surface area contributed by atoms with Gasteiger partial charge < -0.3 is 19.6 Å². The minimum atomic E-state index is -0.249. The SMILES string of the molecule is CCOC(=O)N1CCN(c2nc(-c3ccccc3O)nc3c2CC[C@@H](C)C3)CC1. The first-order chi connectivity index (χ1) is 14.1. The van der Waals surface area contributed by atoms with Crippen LogP contribution in [0.4, 0.5) is 10.6 Å². The smallest absolute Gasteiger partial charge is 0.409 e. The molecule has 1 fully saturated rings. The molecule has 0 spiro atoms. The Morgan fingerprint density at radius 2 is 1.97 bits per heavy atom. The average molecular weight is 396 g/mol. The summed E-state index contributed by atoms with van der Waals surface area (Å²) < 4.78 is 5.13. The van der Waals surface area contributed by atoms with E-state index >= 15 is 0 Å². The Morgan fingerprint density at radius 1 is 1.21 bits per heavy atom. The van der Waals surface area contributed by atoms with Crippen LogP contribution >= 0.6 is 0 Å². The van der Waals surface area contributed by atoms with Crippen molar-refractivity contribution in [2.45, 2.75) is 33.1 Å². The molecular weight excluding hydrogens is 368 g/mol. The predicted molar refractivity (Wildman–Crippen MR) is 111 cm³/mol. The van der Waals surface area contributed by atoms with Gasteiger partial charge in [0.1, 0.15) is 11.6 Å². The Balaban J connectivity index is 1.66. The molecule has 1 aromatic carbocycles. The average Bonchev–Trinajstić information content (AvgIpc) is 2.73. The number of phenols is 1. The van der Waals surface area contributed by atoms with Gasteiger partial charge in [-0.2, -0.15) is 0 Å². The number of aromatic nitrogens is 2. The standard InChI is InChI=1S/C22H28N4O3/c1-3-29-22(28)26-12-10-25(11-13-26)21-16-9-8-15(2)14-18(16)23-20(24-21)17-6-4-5-7-19(17)27/h4-7,15,27H,3,8-14H2,1-2H3/t15-/m1/s1. The summed E-state index contributed by atoms with van der Waals surface area (Å²) in [5.41, 5.74) is 2.95. The molecule has 2 aromatic rings. The lowest BCUT2D eigenvalue weighted by Crippen LogP contribution is -2.49.